The Labute approximate surface area is 115 Å². The minimum atomic E-state index is 0.00762. The Bertz CT molecular complexity index is 503. The highest BCUT2D eigenvalue weighted by molar-refractivity contribution is 6.00. The number of hydrogen-bond donors (Lipinski definition) is 2. The first-order valence-electron chi connectivity index (χ1n) is 6.82. The zero-order chi connectivity index (χ0) is 14.4. The van der Waals surface area contributed by atoms with Gasteiger partial charge < -0.3 is 11.1 Å². The van der Waals surface area contributed by atoms with Crippen LogP contribution in [0.4, 0.5) is 11.4 Å². The lowest BCUT2D eigenvalue weighted by Gasteiger charge is -2.10. The number of hydrogen-bond acceptors (Lipinski definition) is 3. The van der Waals surface area contributed by atoms with Gasteiger partial charge in [-0.25, -0.2) is 0 Å². The molecule has 2 rings (SSSR count). The van der Waals surface area contributed by atoms with E-state index in [1.165, 1.54) is 0 Å². The molecule has 0 heterocycles. The van der Waals surface area contributed by atoms with Crippen molar-refractivity contribution in [2.75, 3.05) is 17.6 Å². The minimum absolute atomic E-state index is 0.00762. The van der Waals surface area contributed by atoms with E-state index in [0.29, 0.717) is 28.0 Å². The first-order chi connectivity index (χ1) is 8.68. The van der Waals surface area contributed by atoms with Crippen LogP contribution in [0, 0.1) is 16.7 Å². The van der Waals surface area contributed by atoms with E-state index >= 15 is 0 Å². The minimum Gasteiger partial charge on any atom is -0.398 e. The lowest BCUT2D eigenvalue weighted by Crippen LogP contribution is -2.09. The van der Waals surface area contributed by atoms with Crippen molar-refractivity contribution in [3.63, 3.8) is 0 Å². The van der Waals surface area contributed by atoms with Crippen molar-refractivity contribution in [1.82, 2.24) is 0 Å². The third-order valence-corrected chi connectivity index (χ3v) is 5.26. The Kier molecular flexibility index (Phi) is 3.12. The van der Waals surface area contributed by atoms with Crippen LogP contribution in [0.2, 0.25) is 0 Å². The van der Waals surface area contributed by atoms with Crippen LogP contribution in [0.5, 0.6) is 0 Å². The third kappa shape index (κ3) is 2.22. The van der Waals surface area contributed by atoms with Crippen LogP contribution in [0.15, 0.2) is 18.2 Å². The number of carbonyl (C=O) groups excluding carboxylic acids is 1. The molecule has 0 saturated heterocycles. The highest BCUT2D eigenvalue weighted by atomic mass is 16.1. The summed E-state index contributed by atoms with van der Waals surface area (Å²) < 4.78 is 0. The van der Waals surface area contributed by atoms with Crippen molar-refractivity contribution >= 4 is 17.2 Å². The summed E-state index contributed by atoms with van der Waals surface area (Å²) in [4.78, 5) is 11.5. The summed E-state index contributed by atoms with van der Waals surface area (Å²) >= 11 is 0. The van der Waals surface area contributed by atoms with E-state index in [1.54, 1.807) is 13.0 Å². The third-order valence-electron chi connectivity index (χ3n) is 5.26. The summed E-state index contributed by atoms with van der Waals surface area (Å²) in [7, 11) is 0. The molecule has 1 aromatic carbocycles. The molecular formula is C16H24N2O. The molecule has 0 amide bonds. The van der Waals surface area contributed by atoms with Crippen LogP contribution < -0.4 is 11.1 Å². The molecule has 1 fully saturated rings. The van der Waals surface area contributed by atoms with E-state index in [0.717, 1.165) is 12.2 Å². The standard InChI is InChI=1S/C16H24N2O/c1-10(19)12-8-11(6-7-13(12)17)18-9-14-15(2,3)16(14,4)5/h6-8,14,18H,9,17H2,1-5H3. The molecular weight excluding hydrogens is 236 g/mol. The Morgan fingerprint density at radius 3 is 2.32 bits per heavy atom. The Morgan fingerprint density at radius 2 is 1.84 bits per heavy atom. The van der Waals surface area contributed by atoms with Gasteiger partial charge in [0, 0.05) is 23.5 Å². The van der Waals surface area contributed by atoms with Crippen LogP contribution in [0.1, 0.15) is 45.0 Å². The van der Waals surface area contributed by atoms with Crippen molar-refractivity contribution in [2.24, 2.45) is 16.7 Å². The largest absolute Gasteiger partial charge is 0.398 e. The summed E-state index contributed by atoms with van der Waals surface area (Å²) in [6, 6.07) is 5.58. The number of benzene rings is 1. The van der Waals surface area contributed by atoms with Gasteiger partial charge in [0.05, 0.1) is 0 Å². The summed E-state index contributed by atoms with van der Waals surface area (Å²) in [6.07, 6.45) is 0. The first kappa shape index (κ1) is 13.9. The number of Topliss-reactive ketones (excluding diaryl/α,β-unsaturated/α-hetero) is 1. The molecule has 3 N–H and O–H groups in total. The molecule has 0 aliphatic heterocycles. The Morgan fingerprint density at radius 1 is 1.26 bits per heavy atom. The van der Waals surface area contributed by atoms with Gasteiger partial charge in [-0.1, -0.05) is 27.7 Å². The van der Waals surface area contributed by atoms with Crippen molar-refractivity contribution < 1.29 is 4.79 Å². The number of carbonyl (C=O) groups is 1. The molecule has 0 atom stereocenters. The SMILES string of the molecule is CC(=O)c1cc(NCC2C(C)(C)C2(C)C)ccc1N. The van der Waals surface area contributed by atoms with E-state index in [2.05, 4.69) is 33.0 Å². The predicted octanol–water partition coefficient (Wildman–Crippen LogP) is 3.57. The molecule has 3 heteroatoms. The molecule has 3 nitrogen and oxygen atoms in total. The molecule has 0 bridgehead atoms. The average Bonchev–Trinajstić information content (AvgIpc) is 2.68. The van der Waals surface area contributed by atoms with Gasteiger partial charge in [0.25, 0.3) is 0 Å². The molecule has 104 valence electrons. The fourth-order valence-electron chi connectivity index (χ4n) is 3.03. The van der Waals surface area contributed by atoms with Gasteiger partial charge in [-0.15, -0.1) is 0 Å². The predicted molar refractivity (Wildman–Crippen MR) is 80.4 cm³/mol. The number of rotatable bonds is 4. The number of nitrogens with one attached hydrogen (secondary N) is 1. The summed E-state index contributed by atoms with van der Waals surface area (Å²) in [6.45, 7) is 11.7. The lowest BCUT2D eigenvalue weighted by molar-refractivity contribution is 0.101. The van der Waals surface area contributed by atoms with E-state index in [4.69, 9.17) is 5.73 Å². The van der Waals surface area contributed by atoms with Gasteiger partial charge >= 0.3 is 0 Å². The van der Waals surface area contributed by atoms with E-state index < -0.39 is 0 Å². The first-order valence-corrected chi connectivity index (χ1v) is 6.82. The molecule has 1 saturated carbocycles. The maximum Gasteiger partial charge on any atom is 0.161 e. The lowest BCUT2D eigenvalue weighted by atomic mass is 10.0. The van der Waals surface area contributed by atoms with Gasteiger partial charge in [0.1, 0.15) is 0 Å². The van der Waals surface area contributed by atoms with Crippen LogP contribution in [0.25, 0.3) is 0 Å². The van der Waals surface area contributed by atoms with Crippen molar-refractivity contribution in [3.05, 3.63) is 23.8 Å². The van der Waals surface area contributed by atoms with Gasteiger partial charge in [-0.3, -0.25) is 4.79 Å². The van der Waals surface area contributed by atoms with Gasteiger partial charge in [-0.05, 0) is 41.9 Å². The fraction of sp³-hybridized carbons (Fsp3) is 0.562. The summed E-state index contributed by atoms with van der Waals surface area (Å²) in [5.74, 6) is 0.659. The zero-order valence-electron chi connectivity index (χ0n) is 12.5. The monoisotopic (exact) mass is 260 g/mol. The fourth-order valence-corrected chi connectivity index (χ4v) is 3.03. The molecule has 1 aliphatic carbocycles. The molecule has 0 radical (unpaired) electrons. The number of anilines is 2. The quantitative estimate of drug-likeness (QED) is 0.643. The Balaban J connectivity index is 2.06. The van der Waals surface area contributed by atoms with E-state index in [9.17, 15) is 4.79 Å². The molecule has 0 unspecified atom stereocenters. The van der Waals surface area contributed by atoms with Crippen LogP contribution in [-0.2, 0) is 0 Å². The summed E-state index contributed by atoms with van der Waals surface area (Å²) in [5.41, 5.74) is 8.65. The van der Waals surface area contributed by atoms with E-state index in [1.807, 2.05) is 12.1 Å². The number of ketones is 1. The maximum atomic E-state index is 11.5. The van der Waals surface area contributed by atoms with Gasteiger partial charge in [0.2, 0.25) is 0 Å². The topological polar surface area (TPSA) is 55.1 Å². The van der Waals surface area contributed by atoms with Crippen LogP contribution >= 0.6 is 0 Å². The van der Waals surface area contributed by atoms with Crippen LogP contribution in [-0.4, -0.2) is 12.3 Å². The Hall–Kier alpha value is -1.51. The number of nitrogens with two attached hydrogens (primary N) is 1. The van der Waals surface area contributed by atoms with Crippen molar-refractivity contribution in [3.8, 4) is 0 Å². The van der Waals surface area contributed by atoms with Crippen LogP contribution in [0.3, 0.4) is 0 Å². The molecule has 0 spiro atoms. The zero-order valence-corrected chi connectivity index (χ0v) is 12.5. The smallest absolute Gasteiger partial charge is 0.161 e. The second-order valence-electron chi connectivity index (χ2n) is 6.74. The maximum absolute atomic E-state index is 11.5. The number of nitrogen functional groups attached to an aromatic ring is 1. The second-order valence-corrected chi connectivity index (χ2v) is 6.74. The van der Waals surface area contributed by atoms with Crippen molar-refractivity contribution in [1.29, 1.82) is 0 Å². The summed E-state index contributed by atoms with van der Waals surface area (Å²) in [5, 5.41) is 3.43. The second kappa shape index (κ2) is 4.26. The van der Waals surface area contributed by atoms with Crippen molar-refractivity contribution in [2.45, 2.75) is 34.6 Å². The van der Waals surface area contributed by atoms with Gasteiger partial charge in [-0.2, -0.15) is 0 Å². The molecule has 1 aromatic rings. The highest BCUT2D eigenvalue weighted by Crippen LogP contribution is 2.68. The molecule has 19 heavy (non-hydrogen) atoms. The normalized spacial score (nSPS) is 20.1. The van der Waals surface area contributed by atoms with Gasteiger partial charge in [0.15, 0.2) is 5.78 Å². The van der Waals surface area contributed by atoms with E-state index in [-0.39, 0.29) is 5.78 Å². The molecule has 1 aliphatic rings. The highest BCUT2D eigenvalue weighted by Gasteiger charge is 2.63. The average molecular weight is 260 g/mol. The molecule has 0 aromatic heterocycles.